The molecule has 0 spiro atoms. The first-order chi connectivity index (χ1) is 21.2. The van der Waals surface area contributed by atoms with Crippen LogP contribution in [0.2, 0.25) is 0 Å². The Morgan fingerprint density at radius 2 is 1.45 bits per heavy atom. The van der Waals surface area contributed by atoms with Crippen LogP contribution in [0.3, 0.4) is 0 Å². The molecule has 0 bridgehead atoms. The molecule has 1 N–H and O–H groups in total. The topological polar surface area (TPSA) is 105 Å². The van der Waals surface area contributed by atoms with Crippen LogP contribution < -0.4 is 19.1 Å². The number of para-hydroxylation sites is 2. The van der Waals surface area contributed by atoms with E-state index in [1.165, 1.54) is 38.3 Å². The van der Waals surface area contributed by atoms with Crippen molar-refractivity contribution in [1.29, 1.82) is 0 Å². The van der Waals surface area contributed by atoms with Gasteiger partial charge in [0, 0.05) is 20.0 Å². The largest absolute Gasteiger partial charge is 0.497 e. The van der Waals surface area contributed by atoms with Crippen molar-refractivity contribution >= 4 is 27.5 Å². The molecule has 0 saturated carbocycles. The van der Waals surface area contributed by atoms with Crippen LogP contribution in [-0.2, 0) is 32.6 Å². The second-order valence-electron chi connectivity index (χ2n) is 10.1. The Kier molecular flexibility index (Phi) is 10.6. The normalized spacial score (nSPS) is 11.7. The summed E-state index contributed by atoms with van der Waals surface area (Å²) in [5, 5.41) is 2.69. The number of carbonyl (C=O) groups excluding carboxylic acids is 2. The second-order valence-corrected chi connectivity index (χ2v) is 12.0. The number of carbonyl (C=O) groups is 2. The van der Waals surface area contributed by atoms with E-state index in [9.17, 15) is 18.0 Å². The summed E-state index contributed by atoms with van der Waals surface area (Å²) in [6.45, 7) is 1.45. The number of benzene rings is 4. The Hall–Kier alpha value is -4.83. The molecule has 2 amide bonds. The van der Waals surface area contributed by atoms with Crippen LogP contribution in [0.25, 0.3) is 0 Å². The Balaban J connectivity index is 1.82. The number of likely N-dealkylation sites (N-methyl/N-ethyl adjacent to an activating group) is 1. The Morgan fingerprint density at radius 1 is 0.818 bits per heavy atom. The number of nitrogens with one attached hydrogen (secondary N) is 1. The van der Waals surface area contributed by atoms with Gasteiger partial charge in [0.05, 0.1) is 24.8 Å². The van der Waals surface area contributed by atoms with Crippen molar-refractivity contribution in [2.24, 2.45) is 0 Å². The van der Waals surface area contributed by atoms with E-state index in [0.717, 1.165) is 21.0 Å². The van der Waals surface area contributed by atoms with Crippen molar-refractivity contribution in [2.75, 3.05) is 32.1 Å². The third-order valence-electron chi connectivity index (χ3n) is 7.40. The second kappa shape index (κ2) is 14.6. The van der Waals surface area contributed by atoms with Crippen molar-refractivity contribution in [2.45, 2.75) is 30.8 Å². The highest BCUT2D eigenvalue weighted by Crippen LogP contribution is 2.33. The molecule has 0 heterocycles. The maximum Gasteiger partial charge on any atom is 0.264 e. The molecule has 0 saturated heterocycles. The minimum Gasteiger partial charge on any atom is -0.497 e. The molecule has 230 valence electrons. The Labute approximate surface area is 259 Å². The van der Waals surface area contributed by atoms with E-state index < -0.39 is 28.5 Å². The molecule has 4 aromatic rings. The van der Waals surface area contributed by atoms with Gasteiger partial charge in [0.1, 0.15) is 24.1 Å². The molecule has 4 aromatic carbocycles. The van der Waals surface area contributed by atoms with Crippen molar-refractivity contribution < 1.29 is 27.5 Å². The SMILES string of the molecule is CNC(=O)[C@@H](Cc1ccccc1)N(Cc1ccccc1C)C(=O)CN(c1ccccc1OC)S(=O)(=O)c1ccc(OC)cc1. The summed E-state index contributed by atoms with van der Waals surface area (Å²) in [5.74, 6) is -0.156. The van der Waals surface area contributed by atoms with E-state index >= 15 is 0 Å². The fourth-order valence-corrected chi connectivity index (χ4v) is 6.34. The molecule has 44 heavy (non-hydrogen) atoms. The van der Waals surface area contributed by atoms with E-state index in [4.69, 9.17) is 9.47 Å². The van der Waals surface area contributed by atoms with E-state index in [1.54, 1.807) is 36.4 Å². The fourth-order valence-electron chi connectivity index (χ4n) is 4.92. The summed E-state index contributed by atoms with van der Waals surface area (Å²) in [6.07, 6.45) is 0.234. The van der Waals surface area contributed by atoms with E-state index in [2.05, 4.69) is 5.32 Å². The number of hydrogen-bond donors (Lipinski definition) is 1. The predicted molar refractivity (Wildman–Crippen MR) is 170 cm³/mol. The molecule has 0 aliphatic carbocycles. The quantitative estimate of drug-likeness (QED) is 0.236. The number of sulfonamides is 1. The fraction of sp³-hybridized carbons (Fsp3) is 0.235. The standard InChI is InChI=1S/C34H37N3O6S/c1-25-12-8-9-15-27(25)23-36(31(34(39)35-2)22-26-13-6-5-7-14-26)33(38)24-37(30-16-10-11-17-32(30)43-4)44(40,41)29-20-18-28(42-3)19-21-29/h5-21,31H,22-24H2,1-4H3,(H,35,39)/t31-/m1/s1. The molecule has 9 nitrogen and oxygen atoms in total. The van der Waals surface area contributed by atoms with Gasteiger partial charge in [-0.15, -0.1) is 0 Å². The highest BCUT2D eigenvalue weighted by molar-refractivity contribution is 7.92. The Morgan fingerprint density at radius 3 is 2.09 bits per heavy atom. The molecule has 0 radical (unpaired) electrons. The zero-order chi connectivity index (χ0) is 31.7. The summed E-state index contributed by atoms with van der Waals surface area (Å²) in [7, 11) is 0.164. The van der Waals surface area contributed by atoms with Crippen LogP contribution in [0.15, 0.2) is 108 Å². The average Bonchev–Trinajstić information content (AvgIpc) is 3.05. The monoisotopic (exact) mass is 615 g/mol. The van der Waals surface area contributed by atoms with Gasteiger partial charge >= 0.3 is 0 Å². The van der Waals surface area contributed by atoms with Gasteiger partial charge in [-0.25, -0.2) is 8.42 Å². The number of amides is 2. The maximum atomic E-state index is 14.5. The maximum absolute atomic E-state index is 14.5. The third-order valence-corrected chi connectivity index (χ3v) is 9.17. The van der Waals surface area contributed by atoms with E-state index in [-0.39, 0.29) is 35.2 Å². The number of aryl methyl sites for hydroxylation is 1. The summed E-state index contributed by atoms with van der Waals surface area (Å²) in [5.41, 5.74) is 2.82. The van der Waals surface area contributed by atoms with Crippen LogP contribution in [-0.4, -0.2) is 59.0 Å². The minimum atomic E-state index is -4.28. The van der Waals surface area contributed by atoms with E-state index in [0.29, 0.717) is 5.75 Å². The highest BCUT2D eigenvalue weighted by atomic mass is 32.2. The van der Waals surface area contributed by atoms with Crippen molar-refractivity contribution in [3.05, 3.63) is 120 Å². The summed E-state index contributed by atoms with van der Waals surface area (Å²) < 4.78 is 40.2. The molecule has 0 fully saturated rings. The van der Waals surface area contributed by atoms with Crippen LogP contribution >= 0.6 is 0 Å². The van der Waals surface area contributed by atoms with Gasteiger partial charge in [0.25, 0.3) is 10.0 Å². The molecule has 10 heteroatoms. The lowest BCUT2D eigenvalue weighted by atomic mass is 10.0. The van der Waals surface area contributed by atoms with Gasteiger partial charge in [-0.1, -0.05) is 66.7 Å². The summed E-state index contributed by atoms with van der Waals surface area (Å²) >= 11 is 0. The number of nitrogens with zero attached hydrogens (tertiary/aromatic N) is 2. The van der Waals surface area contributed by atoms with Crippen molar-refractivity contribution in [3.63, 3.8) is 0 Å². The molecular weight excluding hydrogens is 578 g/mol. The van der Waals surface area contributed by atoms with Gasteiger partial charge in [-0.3, -0.25) is 13.9 Å². The van der Waals surface area contributed by atoms with E-state index in [1.807, 2.05) is 61.5 Å². The van der Waals surface area contributed by atoms with Crippen molar-refractivity contribution in [1.82, 2.24) is 10.2 Å². The van der Waals surface area contributed by atoms with Gasteiger partial charge in [-0.2, -0.15) is 0 Å². The van der Waals surface area contributed by atoms with Gasteiger partial charge < -0.3 is 19.7 Å². The number of methoxy groups -OCH3 is 2. The predicted octanol–water partition coefficient (Wildman–Crippen LogP) is 4.59. The van der Waals surface area contributed by atoms with Crippen molar-refractivity contribution in [3.8, 4) is 11.5 Å². The lowest BCUT2D eigenvalue weighted by Gasteiger charge is -2.34. The summed E-state index contributed by atoms with van der Waals surface area (Å²) in [6, 6.07) is 28.6. The molecule has 0 unspecified atom stereocenters. The van der Waals surface area contributed by atoms with Gasteiger partial charge in [-0.05, 0) is 60.0 Å². The zero-order valence-corrected chi connectivity index (χ0v) is 26.1. The lowest BCUT2D eigenvalue weighted by molar-refractivity contribution is -0.139. The van der Waals surface area contributed by atoms with Gasteiger partial charge in [0.15, 0.2) is 0 Å². The number of anilines is 1. The lowest BCUT2D eigenvalue weighted by Crippen LogP contribution is -2.53. The molecule has 1 atom stereocenters. The highest BCUT2D eigenvalue weighted by Gasteiger charge is 2.35. The molecule has 0 aliphatic heterocycles. The first kappa shape index (κ1) is 32.1. The minimum absolute atomic E-state index is 0.0328. The zero-order valence-electron chi connectivity index (χ0n) is 25.3. The Bertz CT molecular complexity index is 1680. The third kappa shape index (κ3) is 7.38. The van der Waals surface area contributed by atoms with Crippen LogP contribution in [0.5, 0.6) is 11.5 Å². The van der Waals surface area contributed by atoms with Gasteiger partial charge in [0.2, 0.25) is 11.8 Å². The smallest absolute Gasteiger partial charge is 0.264 e. The molecule has 0 aromatic heterocycles. The molecular formula is C34H37N3O6S. The molecule has 4 rings (SSSR count). The number of hydrogen-bond acceptors (Lipinski definition) is 6. The summed E-state index contributed by atoms with van der Waals surface area (Å²) in [4.78, 5) is 29.3. The number of ether oxygens (including phenoxy) is 2. The van der Waals surface area contributed by atoms with Crippen LogP contribution in [0.1, 0.15) is 16.7 Å². The molecule has 0 aliphatic rings. The first-order valence-electron chi connectivity index (χ1n) is 14.1. The van der Waals surface area contributed by atoms with Crippen LogP contribution in [0.4, 0.5) is 5.69 Å². The first-order valence-corrected chi connectivity index (χ1v) is 15.5. The average molecular weight is 616 g/mol. The van der Waals surface area contributed by atoms with Crippen LogP contribution in [0, 0.1) is 6.92 Å². The number of rotatable bonds is 13.